The molecule has 0 aliphatic rings. The molecule has 0 aliphatic carbocycles. The van der Waals surface area contributed by atoms with Crippen molar-refractivity contribution in [1.29, 1.82) is 0 Å². The van der Waals surface area contributed by atoms with E-state index in [1.807, 2.05) is 66.9 Å². The average Bonchev–Trinajstić information content (AvgIpc) is 3.14. The van der Waals surface area contributed by atoms with Crippen LogP contribution in [0.15, 0.2) is 96.2 Å². The topological polar surface area (TPSA) is 42.2 Å². The van der Waals surface area contributed by atoms with Crippen molar-refractivity contribution >= 4 is 11.9 Å². The highest BCUT2D eigenvalue weighted by Gasteiger charge is 2.11. The summed E-state index contributed by atoms with van der Waals surface area (Å²) in [6.45, 7) is 0. The number of rotatable bonds is 5. The van der Waals surface area contributed by atoms with Crippen LogP contribution >= 0.6 is 0 Å². The molecule has 0 saturated heterocycles. The molecule has 132 valence electrons. The number of halogens is 1. The van der Waals surface area contributed by atoms with Crippen molar-refractivity contribution in [3.05, 3.63) is 103 Å². The molecular formula is C22H17FN4. The molecule has 1 N–H and O–H groups in total. The Morgan fingerprint density at radius 3 is 2.22 bits per heavy atom. The first-order valence-electron chi connectivity index (χ1n) is 8.55. The Morgan fingerprint density at radius 1 is 0.852 bits per heavy atom. The van der Waals surface area contributed by atoms with Crippen molar-refractivity contribution in [2.24, 2.45) is 5.10 Å². The molecule has 5 heteroatoms. The van der Waals surface area contributed by atoms with Gasteiger partial charge in [-0.3, -0.25) is 5.43 Å². The largest absolute Gasteiger partial charge is 0.279 e. The number of hydrazone groups is 1. The Kier molecular flexibility index (Phi) is 4.74. The highest BCUT2D eigenvalue weighted by molar-refractivity contribution is 5.89. The Bertz CT molecular complexity index is 1040. The van der Waals surface area contributed by atoms with Crippen LogP contribution in [0.3, 0.4) is 0 Å². The van der Waals surface area contributed by atoms with Crippen LogP contribution in [0.5, 0.6) is 0 Å². The molecule has 1 heterocycles. The van der Waals surface area contributed by atoms with Gasteiger partial charge in [0, 0.05) is 17.3 Å². The van der Waals surface area contributed by atoms with Crippen molar-refractivity contribution in [3.63, 3.8) is 0 Å². The summed E-state index contributed by atoms with van der Waals surface area (Å²) in [6, 6.07) is 25.8. The van der Waals surface area contributed by atoms with Crippen molar-refractivity contribution < 1.29 is 4.39 Å². The second-order valence-corrected chi connectivity index (χ2v) is 5.96. The molecule has 27 heavy (non-hydrogen) atoms. The smallest absolute Gasteiger partial charge is 0.123 e. The fourth-order valence-electron chi connectivity index (χ4n) is 2.72. The van der Waals surface area contributed by atoms with Gasteiger partial charge in [-0.15, -0.1) is 0 Å². The molecule has 4 aromatic rings. The number of aromatic nitrogens is 2. The maximum absolute atomic E-state index is 13.3. The van der Waals surface area contributed by atoms with E-state index in [0.717, 1.165) is 28.2 Å². The zero-order chi connectivity index (χ0) is 18.5. The van der Waals surface area contributed by atoms with E-state index in [0.29, 0.717) is 0 Å². The predicted molar refractivity (Wildman–Crippen MR) is 107 cm³/mol. The zero-order valence-corrected chi connectivity index (χ0v) is 14.5. The summed E-state index contributed by atoms with van der Waals surface area (Å²) in [4.78, 5) is 0. The lowest BCUT2D eigenvalue weighted by atomic mass is 10.1. The van der Waals surface area contributed by atoms with Gasteiger partial charge >= 0.3 is 0 Å². The van der Waals surface area contributed by atoms with Gasteiger partial charge in [-0.25, -0.2) is 9.07 Å². The quantitative estimate of drug-likeness (QED) is 0.398. The van der Waals surface area contributed by atoms with Gasteiger partial charge in [-0.2, -0.15) is 10.2 Å². The van der Waals surface area contributed by atoms with E-state index < -0.39 is 0 Å². The van der Waals surface area contributed by atoms with Gasteiger partial charge < -0.3 is 0 Å². The number of nitrogens with one attached hydrogen (secondary N) is 1. The second-order valence-electron chi connectivity index (χ2n) is 5.96. The average molecular weight is 356 g/mol. The summed E-state index contributed by atoms with van der Waals surface area (Å²) in [7, 11) is 0. The summed E-state index contributed by atoms with van der Waals surface area (Å²) in [6.07, 6.45) is 3.63. The van der Waals surface area contributed by atoms with Gasteiger partial charge in [-0.1, -0.05) is 36.4 Å². The SMILES string of the molecule is Fc1ccc(-c2nn(-c3ccccc3)cc2C=NNc2ccccc2)cc1. The van der Waals surface area contributed by atoms with Gasteiger partial charge in [0.2, 0.25) is 0 Å². The lowest BCUT2D eigenvalue weighted by Gasteiger charge is -2.00. The molecule has 1 aromatic heterocycles. The highest BCUT2D eigenvalue weighted by atomic mass is 19.1. The standard InChI is InChI=1S/C22H17FN4/c23-19-13-11-17(12-14-19)22-18(15-24-25-20-7-3-1-4-8-20)16-27(26-22)21-9-5-2-6-10-21/h1-16,25H. The highest BCUT2D eigenvalue weighted by Crippen LogP contribution is 2.23. The van der Waals surface area contributed by atoms with Crippen LogP contribution in [0.2, 0.25) is 0 Å². The van der Waals surface area contributed by atoms with E-state index in [4.69, 9.17) is 0 Å². The number of para-hydroxylation sites is 2. The molecule has 0 unspecified atom stereocenters. The molecule has 0 radical (unpaired) electrons. The minimum atomic E-state index is -0.276. The Balaban J connectivity index is 1.69. The minimum absolute atomic E-state index is 0.276. The lowest BCUT2D eigenvalue weighted by Crippen LogP contribution is -1.94. The van der Waals surface area contributed by atoms with Crippen molar-refractivity contribution in [3.8, 4) is 16.9 Å². The number of anilines is 1. The molecule has 4 rings (SSSR count). The van der Waals surface area contributed by atoms with Crippen LogP contribution in [-0.2, 0) is 0 Å². The molecule has 0 spiro atoms. The molecule has 3 aromatic carbocycles. The van der Waals surface area contributed by atoms with E-state index in [-0.39, 0.29) is 5.82 Å². The van der Waals surface area contributed by atoms with Crippen molar-refractivity contribution in [1.82, 2.24) is 9.78 Å². The van der Waals surface area contributed by atoms with Crippen LogP contribution in [0.4, 0.5) is 10.1 Å². The van der Waals surface area contributed by atoms with Gasteiger partial charge in [0.25, 0.3) is 0 Å². The molecule has 0 bridgehead atoms. The third-order valence-electron chi connectivity index (χ3n) is 4.05. The summed E-state index contributed by atoms with van der Waals surface area (Å²) >= 11 is 0. The molecule has 0 saturated carbocycles. The third-order valence-corrected chi connectivity index (χ3v) is 4.05. The summed E-state index contributed by atoms with van der Waals surface area (Å²) in [5, 5.41) is 9.00. The zero-order valence-electron chi connectivity index (χ0n) is 14.5. The van der Waals surface area contributed by atoms with E-state index in [1.54, 1.807) is 23.0 Å². The van der Waals surface area contributed by atoms with Crippen LogP contribution in [0, 0.1) is 5.82 Å². The first-order chi connectivity index (χ1) is 13.3. The monoisotopic (exact) mass is 356 g/mol. The molecule has 4 nitrogen and oxygen atoms in total. The number of hydrogen-bond donors (Lipinski definition) is 1. The van der Waals surface area contributed by atoms with E-state index in [9.17, 15) is 4.39 Å². The summed E-state index contributed by atoms with van der Waals surface area (Å²) in [5.74, 6) is -0.276. The van der Waals surface area contributed by atoms with Gasteiger partial charge in [0.05, 0.1) is 17.6 Å². The fourth-order valence-corrected chi connectivity index (χ4v) is 2.72. The van der Waals surface area contributed by atoms with E-state index in [1.165, 1.54) is 12.1 Å². The number of hydrogen-bond acceptors (Lipinski definition) is 3. The Labute approximate surface area is 156 Å². The fraction of sp³-hybridized carbons (Fsp3) is 0. The van der Waals surface area contributed by atoms with Gasteiger partial charge in [0.15, 0.2) is 0 Å². The Morgan fingerprint density at radius 2 is 1.52 bits per heavy atom. The maximum atomic E-state index is 13.3. The number of nitrogens with zero attached hydrogens (tertiary/aromatic N) is 3. The predicted octanol–water partition coefficient (Wildman–Crippen LogP) is 5.12. The summed E-state index contributed by atoms with van der Waals surface area (Å²) < 4.78 is 15.1. The van der Waals surface area contributed by atoms with E-state index >= 15 is 0 Å². The maximum Gasteiger partial charge on any atom is 0.123 e. The van der Waals surface area contributed by atoms with Crippen LogP contribution in [-0.4, -0.2) is 16.0 Å². The second kappa shape index (κ2) is 7.66. The van der Waals surface area contributed by atoms with Crippen LogP contribution < -0.4 is 5.43 Å². The number of benzene rings is 3. The molecule has 0 aliphatic heterocycles. The molecular weight excluding hydrogens is 339 g/mol. The van der Waals surface area contributed by atoms with Gasteiger partial charge in [0.1, 0.15) is 11.5 Å². The first kappa shape index (κ1) is 16.7. The van der Waals surface area contributed by atoms with Crippen molar-refractivity contribution in [2.75, 3.05) is 5.43 Å². The van der Waals surface area contributed by atoms with E-state index in [2.05, 4.69) is 15.6 Å². The van der Waals surface area contributed by atoms with Crippen molar-refractivity contribution in [2.45, 2.75) is 0 Å². The molecule has 0 fully saturated rings. The molecule has 0 atom stereocenters. The minimum Gasteiger partial charge on any atom is -0.279 e. The lowest BCUT2D eigenvalue weighted by molar-refractivity contribution is 0.628. The van der Waals surface area contributed by atoms with Crippen LogP contribution in [0.1, 0.15) is 5.56 Å². The first-order valence-corrected chi connectivity index (χ1v) is 8.55. The Hall–Kier alpha value is -3.73. The summed E-state index contributed by atoms with van der Waals surface area (Å²) in [5.41, 5.74) is 7.23. The normalized spacial score (nSPS) is 11.0. The van der Waals surface area contributed by atoms with Gasteiger partial charge in [-0.05, 0) is 48.5 Å². The van der Waals surface area contributed by atoms with Crippen LogP contribution in [0.25, 0.3) is 16.9 Å². The third kappa shape index (κ3) is 3.93. The molecule has 0 amide bonds.